The maximum Gasteiger partial charge on any atom is 0.266 e. The Morgan fingerprint density at radius 3 is 2.48 bits per heavy atom. The lowest BCUT2D eigenvalue weighted by Gasteiger charge is -2.14. The average molecular weight is 340 g/mol. The summed E-state index contributed by atoms with van der Waals surface area (Å²) in [5, 5.41) is 14.3. The topological polar surface area (TPSA) is 64.4 Å². The second kappa shape index (κ2) is 7.72. The first-order valence-electron chi connectivity index (χ1n) is 7.82. The number of rotatable bonds is 6. The number of para-hydroxylation sites is 1. The van der Waals surface area contributed by atoms with E-state index in [1.165, 1.54) is 22.9 Å². The van der Waals surface area contributed by atoms with Crippen LogP contribution in [0.3, 0.4) is 0 Å². The highest BCUT2D eigenvalue weighted by Gasteiger charge is 2.10. The first kappa shape index (κ1) is 16.9. The summed E-state index contributed by atoms with van der Waals surface area (Å²) in [6.07, 6.45) is -0.895. The Kier molecular flexibility index (Phi) is 5.20. The predicted molar refractivity (Wildman–Crippen MR) is 91.8 cm³/mol. The van der Waals surface area contributed by atoms with Crippen LogP contribution in [-0.2, 0) is 6.54 Å². The molecule has 2 aromatic carbocycles. The average Bonchev–Trinajstić information content (AvgIpc) is 2.63. The van der Waals surface area contributed by atoms with Crippen LogP contribution in [0, 0.1) is 5.82 Å². The number of aliphatic hydroxyl groups is 1. The van der Waals surface area contributed by atoms with Gasteiger partial charge in [-0.15, -0.1) is 0 Å². The predicted octanol–water partition coefficient (Wildman–Crippen LogP) is 2.49. The van der Waals surface area contributed by atoms with E-state index in [1.54, 1.807) is 30.3 Å². The van der Waals surface area contributed by atoms with E-state index >= 15 is 0 Å². The third-order valence-corrected chi connectivity index (χ3v) is 3.58. The van der Waals surface area contributed by atoms with Crippen molar-refractivity contribution >= 4 is 0 Å². The summed E-state index contributed by atoms with van der Waals surface area (Å²) in [6, 6.07) is 17.9. The van der Waals surface area contributed by atoms with Crippen LogP contribution in [0.5, 0.6) is 5.75 Å². The van der Waals surface area contributed by atoms with E-state index in [0.717, 1.165) is 0 Å². The van der Waals surface area contributed by atoms with E-state index in [1.807, 2.05) is 18.2 Å². The molecule has 0 saturated carbocycles. The maximum absolute atomic E-state index is 13.0. The first-order chi connectivity index (χ1) is 12.1. The van der Waals surface area contributed by atoms with Gasteiger partial charge in [0.1, 0.15) is 24.3 Å². The van der Waals surface area contributed by atoms with Crippen molar-refractivity contribution in [3.8, 4) is 17.0 Å². The summed E-state index contributed by atoms with van der Waals surface area (Å²) in [7, 11) is 0. The van der Waals surface area contributed by atoms with Gasteiger partial charge in [0.25, 0.3) is 5.56 Å². The Morgan fingerprint density at radius 2 is 1.76 bits per heavy atom. The van der Waals surface area contributed by atoms with E-state index < -0.39 is 6.10 Å². The zero-order valence-electron chi connectivity index (χ0n) is 13.4. The van der Waals surface area contributed by atoms with Crippen molar-refractivity contribution in [2.24, 2.45) is 0 Å². The number of aliphatic hydroxyl groups excluding tert-OH is 1. The summed E-state index contributed by atoms with van der Waals surface area (Å²) >= 11 is 0. The van der Waals surface area contributed by atoms with Crippen molar-refractivity contribution in [3.05, 3.63) is 82.9 Å². The molecule has 25 heavy (non-hydrogen) atoms. The quantitative estimate of drug-likeness (QED) is 0.749. The highest BCUT2D eigenvalue weighted by Crippen LogP contribution is 2.15. The molecule has 0 bridgehead atoms. The molecule has 0 saturated heterocycles. The fourth-order valence-electron chi connectivity index (χ4n) is 2.32. The van der Waals surface area contributed by atoms with Crippen molar-refractivity contribution in [1.29, 1.82) is 0 Å². The van der Waals surface area contributed by atoms with Crippen molar-refractivity contribution in [2.75, 3.05) is 6.61 Å². The van der Waals surface area contributed by atoms with Gasteiger partial charge in [0, 0.05) is 11.6 Å². The lowest BCUT2D eigenvalue weighted by atomic mass is 10.1. The zero-order chi connectivity index (χ0) is 17.6. The van der Waals surface area contributed by atoms with E-state index in [9.17, 15) is 14.3 Å². The highest BCUT2D eigenvalue weighted by molar-refractivity contribution is 5.57. The van der Waals surface area contributed by atoms with Crippen LogP contribution in [0.15, 0.2) is 71.5 Å². The summed E-state index contributed by atoms with van der Waals surface area (Å²) in [5.74, 6) is 0.299. The van der Waals surface area contributed by atoms with Gasteiger partial charge in [-0.3, -0.25) is 4.79 Å². The van der Waals surface area contributed by atoms with E-state index in [4.69, 9.17) is 4.74 Å². The van der Waals surface area contributed by atoms with Crippen LogP contribution in [0.4, 0.5) is 4.39 Å². The van der Waals surface area contributed by atoms with E-state index in [0.29, 0.717) is 17.0 Å². The normalized spacial score (nSPS) is 11.9. The van der Waals surface area contributed by atoms with Crippen LogP contribution in [0.1, 0.15) is 0 Å². The minimum atomic E-state index is -0.895. The van der Waals surface area contributed by atoms with E-state index in [-0.39, 0.29) is 24.5 Å². The largest absolute Gasteiger partial charge is 0.491 e. The second-order valence-corrected chi connectivity index (χ2v) is 5.52. The van der Waals surface area contributed by atoms with Crippen molar-refractivity contribution in [2.45, 2.75) is 12.6 Å². The Labute approximate surface area is 143 Å². The number of nitrogens with zero attached hydrogens (tertiary/aromatic N) is 2. The molecule has 0 aliphatic carbocycles. The number of aromatic nitrogens is 2. The molecule has 0 aliphatic rings. The molecular weight excluding hydrogens is 323 g/mol. The third-order valence-electron chi connectivity index (χ3n) is 3.58. The molecule has 0 radical (unpaired) electrons. The Morgan fingerprint density at radius 1 is 1.04 bits per heavy atom. The summed E-state index contributed by atoms with van der Waals surface area (Å²) in [6.45, 7) is 0.0413. The van der Waals surface area contributed by atoms with Gasteiger partial charge in [0.2, 0.25) is 0 Å². The minimum Gasteiger partial charge on any atom is -0.491 e. The van der Waals surface area contributed by atoms with Gasteiger partial charge in [-0.05, 0) is 42.5 Å². The first-order valence-corrected chi connectivity index (χ1v) is 7.82. The molecule has 1 atom stereocenters. The van der Waals surface area contributed by atoms with Crippen LogP contribution < -0.4 is 10.3 Å². The number of ether oxygens (including phenoxy) is 1. The molecule has 0 fully saturated rings. The Hall–Kier alpha value is -2.99. The molecule has 128 valence electrons. The highest BCUT2D eigenvalue weighted by atomic mass is 19.1. The van der Waals surface area contributed by atoms with Crippen LogP contribution >= 0.6 is 0 Å². The van der Waals surface area contributed by atoms with Crippen LogP contribution in [0.25, 0.3) is 11.3 Å². The summed E-state index contributed by atoms with van der Waals surface area (Å²) in [4.78, 5) is 12.0. The molecular formula is C19H17FN2O3. The van der Waals surface area contributed by atoms with Crippen molar-refractivity contribution in [1.82, 2.24) is 9.78 Å². The minimum absolute atomic E-state index is 0.000696. The number of hydrogen-bond acceptors (Lipinski definition) is 4. The number of benzene rings is 2. The van der Waals surface area contributed by atoms with Gasteiger partial charge < -0.3 is 9.84 Å². The van der Waals surface area contributed by atoms with Gasteiger partial charge >= 0.3 is 0 Å². The van der Waals surface area contributed by atoms with Crippen LogP contribution in [0.2, 0.25) is 0 Å². The fourth-order valence-corrected chi connectivity index (χ4v) is 2.32. The molecule has 1 N–H and O–H groups in total. The lowest BCUT2D eigenvalue weighted by molar-refractivity contribution is 0.0880. The molecule has 0 aliphatic heterocycles. The van der Waals surface area contributed by atoms with Gasteiger partial charge in [0.05, 0.1) is 12.2 Å². The maximum atomic E-state index is 13.0. The van der Waals surface area contributed by atoms with Gasteiger partial charge in [-0.2, -0.15) is 5.10 Å². The van der Waals surface area contributed by atoms with Crippen molar-refractivity contribution in [3.63, 3.8) is 0 Å². The third kappa shape index (κ3) is 4.51. The standard InChI is InChI=1S/C19H17FN2O3/c20-15-8-6-14(7-9-15)18-10-11-19(24)22(21-18)12-16(23)13-25-17-4-2-1-3-5-17/h1-11,16,23H,12-13H2. The van der Waals surface area contributed by atoms with Crippen molar-refractivity contribution < 1.29 is 14.2 Å². The molecule has 0 amide bonds. The molecule has 5 nitrogen and oxygen atoms in total. The van der Waals surface area contributed by atoms with E-state index in [2.05, 4.69) is 5.10 Å². The summed E-state index contributed by atoms with van der Waals surface area (Å²) in [5.41, 5.74) is 0.880. The Balaban J connectivity index is 1.70. The smallest absolute Gasteiger partial charge is 0.266 e. The number of halogens is 1. The van der Waals surface area contributed by atoms with Gasteiger partial charge in [0.15, 0.2) is 0 Å². The second-order valence-electron chi connectivity index (χ2n) is 5.52. The SMILES string of the molecule is O=c1ccc(-c2ccc(F)cc2)nn1CC(O)COc1ccccc1. The number of hydrogen-bond donors (Lipinski definition) is 1. The monoisotopic (exact) mass is 340 g/mol. The molecule has 6 heteroatoms. The molecule has 1 aromatic heterocycles. The summed E-state index contributed by atoms with van der Waals surface area (Å²) < 4.78 is 19.7. The molecule has 3 rings (SSSR count). The molecule has 3 aromatic rings. The molecule has 1 heterocycles. The van der Waals surface area contributed by atoms with Gasteiger partial charge in [-0.25, -0.2) is 9.07 Å². The molecule has 1 unspecified atom stereocenters. The zero-order valence-corrected chi connectivity index (χ0v) is 13.4. The van der Waals surface area contributed by atoms with Crippen LogP contribution in [-0.4, -0.2) is 27.6 Å². The Bertz CT molecular complexity index is 879. The molecule has 0 spiro atoms. The lowest BCUT2D eigenvalue weighted by Crippen LogP contribution is -2.31. The van der Waals surface area contributed by atoms with Gasteiger partial charge in [-0.1, -0.05) is 18.2 Å². The fraction of sp³-hybridized carbons (Fsp3) is 0.158.